The third-order valence-electron chi connectivity index (χ3n) is 4.31. The number of rotatable bonds is 6. The lowest BCUT2D eigenvalue weighted by molar-refractivity contribution is -0.139. The Hall–Kier alpha value is -3.07. The predicted octanol–water partition coefficient (Wildman–Crippen LogP) is 3.31. The van der Waals surface area contributed by atoms with Crippen LogP contribution in [0.2, 0.25) is 0 Å². The number of nitrogens with one attached hydrogen (secondary N) is 1. The first kappa shape index (κ1) is 20.2. The fourth-order valence-corrected chi connectivity index (χ4v) is 3.18. The highest BCUT2D eigenvalue weighted by molar-refractivity contribution is 6.00. The second-order valence-electron chi connectivity index (χ2n) is 6.19. The van der Waals surface area contributed by atoms with E-state index in [1.54, 1.807) is 45.0 Å². The monoisotopic (exact) mass is 368 g/mol. The van der Waals surface area contributed by atoms with E-state index < -0.39 is 17.9 Å². The number of hydrogen-bond donors (Lipinski definition) is 1. The maximum absolute atomic E-state index is 12.8. The minimum atomic E-state index is -0.731. The highest BCUT2D eigenvalue weighted by atomic mass is 16.5. The molecule has 0 bridgehead atoms. The minimum absolute atomic E-state index is 0.209. The van der Waals surface area contributed by atoms with Crippen molar-refractivity contribution in [2.45, 2.75) is 40.0 Å². The molecule has 6 heteroatoms. The van der Waals surface area contributed by atoms with Crippen LogP contribution in [0, 0.1) is 11.3 Å². The number of ether oxygens (including phenoxy) is 2. The van der Waals surface area contributed by atoms with E-state index in [0.29, 0.717) is 40.1 Å². The molecular weight excluding hydrogens is 344 g/mol. The van der Waals surface area contributed by atoms with Crippen molar-refractivity contribution < 1.29 is 19.1 Å². The van der Waals surface area contributed by atoms with E-state index in [2.05, 4.69) is 11.4 Å². The highest BCUT2D eigenvalue weighted by Gasteiger charge is 2.38. The fraction of sp³-hybridized carbons (Fsp3) is 0.381. The first-order chi connectivity index (χ1) is 13.0. The van der Waals surface area contributed by atoms with Crippen molar-refractivity contribution in [3.05, 3.63) is 57.9 Å². The second-order valence-corrected chi connectivity index (χ2v) is 6.19. The molecule has 0 radical (unpaired) electrons. The molecule has 1 aliphatic heterocycles. The van der Waals surface area contributed by atoms with Crippen molar-refractivity contribution in [1.29, 1.82) is 5.26 Å². The summed E-state index contributed by atoms with van der Waals surface area (Å²) in [6, 6.07) is 9.09. The summed E-state index contributed by atoms with van der Waals surface area (Å²) in [6.45, 7) is 7.63. The molecule has 27 heavy (non-hydrogen) atoms. The van der Waals surface area contributed by atoms with Gasteiger partial charge in [-0.15, -0.1) is 0 Å². The van der Waals surface area contributed by atoms with Crippen molar-refractivity contribution >= 4 is 11.9 Å². The summed E-state index contributed by atoms with van der Waals surface area (Å²) in [5.74, 6) is -1.76. The minimum Gasteiger partial charge on any atom is -0.463 e. The number of carbonyl (C=O) groups is 2. The standard InChI is InChI=1S/C21H24N2O4/c1-5-11-27-21(25)18-14(4)23-13(3)17(20(24)26-6-2)19(18)16-10-8-7-9-15(16)12-22/h7-10,19,23H,5-6,11H2,1-4H3. The molecule has 142 valence electrons. The van der Waals surface area contributed by atoms with E-state index in [4.69, 9.17) is 9.47 Å². The lowest BCUT2D eigenvalue weighted by Crippen LogP contribution is -2.33. The maximum atomic E-state index is 12.8. The molecule has 0 saturated carbocycles. The quantitative estimate of drug-likeness (QED) is 0.775. The molecule has 1 aromatic rings. The Morgan fingerprint density at radius 2 is 1.67 bits per heavy atom. The van der Waals surface area contributed by atoms with Gasteiger partial charge >= 0.3 is 11.9 Å². The van der Waals surface area contributed by atoms with Crippen LogP contribution in [0.3, 0.4) is 0 Å². The van der Waals surface area contributed by atoms with Gasteiger partial charge in [0.25, 0.3) is 0 Å². The van der Waals surface area contributed by atoms with Gasteiger partial charge in [0.15, 0.2) is 0 Å². The highest BCUT2D eigenvalue weighted by Crippen LogP contribution is 2.40. The molecule has 0 fully saturated rings. The molecule has 1 unspecified atom stereocenters. The number of nitriles is 1. The normalized spacial score (nSPS) is 16.5. The molecule has 0 amide bonds. The van der Waals surface area contributed by atoms with Crippen LogP contribution in [0.25, 0.3) is 0 Å². The van der Waals surface area contributed by atoms with Crippen molar-refractivity contribution in [2.24, 2.45) is 0 Å². The van der Waals surface area contributed by atoms with Gasteiger partial charge in [0.05, 0.1) is 41.9 Å². The van der Waals surface area contributed by atoms with E-state index in [1.165, 1.54) is 0 Å². The van der Waals surface area contributed by atoms with Crippen LogP contribution in [0.5, 0.6) is 0 Å². The Labute approximate surface area is 159 Å². The number of nitrogens with zero attached hydrogens (tertiary/aromatic N) is 1. The van der Waals surface area contributed by atoms with Gasteiger partial charge in [0.1, 0.15) is 0 Å². The van der Waals surface area contributed by atoms with Crippen molar-refractivity contribution in [3.63, 3.8) is 0 Å². The van der Waals surface area contributed by atoms with Crippen LogP contribution in [0.4, 0.5) is 0 Å². The molecule has 1 aliphatic rings. The number of hydrogen-bond acceptors (Lipinski definition) is 6. The van der Waals surface area contributed by atoms with Crippen LogP contribution >= 0.6 is 0 Å². The Kier molecular flexibility index (Phi) is 6.78. The lowest BCUT2D eigenvalue weighted by atomic mass is 9.79. The zero-order valence-electron chi connectivity index (χ0n) is 16.1. The average Bonchev–Trinajstić information content (AvgIpc) is 2.65. The fourth-order valence-electron chi connectivity index (χ4n) is 3.18. The van der Waals surface area contributed by atoms with E-state index in [1.807, 2.05) is 6.92 Å². The van der Waals surface area contributed by atoms with Gasteiger partial charge in [-0.25, -0.2) is 9.59 Å². The van der Waals surface area contributed by atoms with E-state index in [0.717, 1.165) is 0 Å². The summed E-state index contributed by atoms with van der Waals surface area (Å²) in [5.41, 5.74) is 2.79. The van der Waals surface area contributed by atoms with Crippen molar-refractivity contribution in [2.75, 3.05) is 13.2 Å². The Morgan fingerprint density at radius 1 is 1.07 bits per heavy atom. The molecule has 2 rings (SSSR count). The van der Waals surface area contributed by atoms with Gasteiger partial charge in [0.2, 0.25) is 0 Å². The lowest BCUT2D eigenvalue weighted by Gasteiger charge is -2.30. The van der Waals surface area contributed by atoms with Crippen LogP contribution in [0.15, 0.2) is 46.8 Å². The zero-order chi connectivity index (χ0) is 20.0. The largest absolute Gasteiger partial charge is 0.463 e. The molecule has 1 atom stereocenters. The number of dihydropyridines is 1. The summed E-state index contributed by atoms with van der Waals surface area (Å²) >= 11 is 0. The van der Waals surface area contributed by atoms with Crippen LogP contribution in [-0.4, -0.2) is 25.2 Å². The first-order valence-electron chi connectivity index (χ1n) is 8.98. The number of carbonyl (C=O) groups excluding carboxylic acids is 2. The molecular formula is C21H24N2O4. The topological polar surface area (TPSA) is 88.4 Å². The van der Waals surface area contributed by atoms with Gasteiger partial charge < -0.3 is 14.8 Å². The van der Waals surface area contributed by atoms with E-state index >= 15 is 0 Å². The predicted molar refractivity (Wildman–Crippen MR) is 100 cm³/mol. The molecule has 1 aromatic carbocycles. The molecule has 0 saturated heterocycles. The Morgan fingerprint density at radius 3 is 2.22 bits per heavy atom. The maximum Gasteiger partial charge on any atom is 0.336 e. The third-order valence-corrected chi connectivity index (χ3v) is 4.31. The molecule has 0 aromatic heterocycles. The zero-order valence-corrected chi connectivity index (χ0v) is 16.1. The molecule has 1 heterocycles. The summed E-state index contributed by atoms with van der Waals surface area (Å²) < 4.78 is 10.6. The van der Waals surface area contributed by atoms with Crippen LogP contribution in [0.1, 0.15) is 51.2 Å². The van der Waals surface area contributed by atoms with Crippen LogP contribution < -0.4 is 5.32 Å². The van der Waals surface area contributed by atoms with E-state index in [-0.39, 0.29) is 13.2 Å². The van der Waals surface area contributed by atoms with Gasteiger partial charge in [-0.1, -0.05) is 25.1 Å². The van der Waals surface area contributed by atoms with Gasteiger partial charge in [0, 0.05) is 11.4 Å². The SMILES string of the molecule is CCCOC(=O)C1=C(C)NC(C)=C(C(=O)OCC)C1c1ccccc1C#N. The second kappa shape index (κ2) is 9.04. The Bertz CT molecular complexity index is 846. The molecule has 6 nitrogen and oxygen atoms in total. The average molecular weight is 368 g/mol. The van der Waals surface area contributed by atoms with Crippen LogP contribution in [-0.2, 0) is 19.1 Å². The third kappa shape index (κ3) is 4.20. The summed E-state index contributed by atoms with van der Waals surface area (Å²) in [5, 5.41) is 12.6. The van der Waals surface area contributed by atoms with Gasteiger partial charge in [-0.3, -0.25) is 0 Å². The molecule has 0 aliphatic carbocycles. The first-order valence-corrected chi connectivity index (χ1v) is 8.98. The summed E-state index contributed by atoms with van der Waals surface area (Å²) in [7, 11) is 0. The van der Waals surface area contributed by atoms with E-state index in [9.17, 15) is 14.9 Å². The number of esters is 2. The molecule has 1 N–H and O–H groups in total. The number of benzene rings is 1. The smallest absolute Gasteiger partial charge is 0.336 e. The summed E-state index contributed by atoms with van der Waals surface area (Å²) in [6.07, 6.45) is 0.685. The Balaban J connectivity index is 2.67. The summed E-state index contributed by atoms with van der Waals surface area (Å²) in [4.78, 5) is 25.5. The van der Waals surface area contributed by atoms with Crippen molar-refractivity contribution in [1.82, 2.24) is 5.32 Å². The van der Waals surface area contributed by atoms with Gasteiger partial charge in [-0.05, 0) is 38.8 Å². The van der Waals surface area contributed by atoms with Crippen molar-refractivity contribution in [3.8, 4) is 6.07 Å². The number of allylic oxidation sites excluding steroid dienone is 2. The molecule has 0 spiro atoms. The van der Waals surface area contributed by atoms with Gasteiger partial charge in [-0.2, -0.15) is 5.26 Å².